The number of para-hydroxylation sites is 1. The lowest BCUT2D eigenvalue weighted by molar-refractivity contribution is -0.605. The summed E-state index contributed by atoms with van der Waals surface area (Å²) in [7, 11) is 0. The van der Waals surface area contributed by atoms with Crippen molar-refractivity contribution in [3.63, 3.8) is 0 Å². The van der Waals surface area contributed by atoms with Crippen LogP contribution in [-0.2, 0) is 9.53 Å². The number of hydrogen-bond donors (Lipinski definition) is 1. The average molecular weight is 378 g/mol. The Morgan fingerprint density at radius 3 is 2.18 bits per heavy atom. The zero-order valence-corrected chi connectivity index (χ0v) is 15.1. The zero-order valence-electron chi connectivity index (χ0n) is 15.1. The molecule has 0 spiro atoms. The van der Waals surface area contributed by atoms with Crippen molar-refractivity contribution in [2.24, 2.45) is 0 Å². The molecule has 0 aliphatic carbocycles. The number of aromatic nitrogens is 1. The van der Waals surface area contributed by atoms with Crippen LogP contribution in [0.5, 0.6) is 11.5 Å². The molecule has 1 amide bonds. The van der Waals surface area contributed by atoms with Crippen molar-refractivity contribution in [3.05, 3.63) is 89.9 Å². The van der Waals surface area contributed by atoms with Crippen molar-refractivity contribution in [2.75, 3.05) is 5.32 Å². The summed E-state index contributed by atoms with van der Waals surface area (Å²) in [5, 5.41) is 13.7. The van der Waals surface area contributed by atoms with Gasteiger partial charge in [-0.25, -0.2) is 4.79 Å². The summed E-state index contributed by atoms with van der Waals surface area (Å²) in [5.74, 6) is 0.182. The maximum Gasteiger partial charge on any atom is 0.339 e. The van der Waals surface area contributed by atoms with Crippen molar-refractivity contribution in [3.8, 4) is 11.5 Å². The molecule has 1 heterocycles. The van der Waals surface area contributed by atoms with Crippen LogP contribution in [0.1, 0.15) is 17.3 Å². The number of nitrogens with zero attached hydrogens (tertiary/aromatic N) is 1. The first-order valence-electron chi connectivity index (χ1n) is 8.55. The molecule has 0 saturated heterocycles. The fraction of sp³-hybridized carbons (Fsp3) is 0.0952. The third kappa shape index (κ3) is 5.07. The molecule has 2 aromatic carbocycles. The van der Waals surface area contributed by atoms with Gasteiger partial charge >= 0.3 is 5.97 Å². The van der Waals surface area contributed by atoms with Crippen LogP contribution in [0.25, 0.3) is 0 Å². The smallest absolute Gasteiger partial charge is 0.339 e. The Kier molecular flexibility index (Phi) is 5.86. The molecule has 1 N–H and O–H groups in total. The number of pyridine rings is 1. The number of ether oxygens (including phenoxy) is 2. The Morgan fingerprint density at radius 2 is 1.54 bits per heavy atom. The second kappa shape index (κ2) is 8.68. The van der Waals surface area contributed by atoms with Gasteiger partial charge in [0, 0.05) is 17.8 Å². The van der Waals surface area contributed by atoms with Gasteiger partial charge in [0.15, 0.2) is 18.5 Å². The standard InChI is InChI=1S/C21H18N2O5/c1-15(27-21(25)16-11-13-23(26)14-12-16)20(24)22-17-7-9-19(10-8-17)28-18-5-3-2-4-6-18/h2-15H,1H3,(H,22,24)/t15-/m0/s1. The molecule has 1 aromatic heterocycles. The molecular weight excluding hydrogens is 360 g/mol. The number of benzene rings is 2. The fourth-order valence-corrected chi connectivity index (χ4v) is 2.31. The number of carbonyl (C=O) groups excluding carboxylic acids is 2. The summed E-state index contributed by atoms with van der Waals surface area (Å²) in [6, 6.07) is 18.8. The number of nitrogens with one attached hydrogen (secondary N) is 1. The van der Waals surface area contributed by atoms with E-state index in [9.17, 15) is 14.8 Å². The van der Waals surface area contributed by atoms with Crippen LogP contribution in [0.15, 0.2) is 79.1 Å². The molecule has 0 radical (unpaired) electrons. The van der Waals surface area contributed by atoms with Crippen LogP contribution >= 0.6 is 0 Å². The van der Waals surface area contributed by atoms with Crippen molar-refractivity contribution < 1.29 is 23.8 Å². The van der Waals surface area contributed by atoms with E-state index < -0.39 is 18.0 Å². The number of rotatable bonds is 6. The molecular formula is C21H18N2O5. The molecule has 1 atom stereocenters. The highest BCUT2D eigenvalue weighted by Crippen LogP contribution is 2.22. The van der Waals surface area contributed by atoms with Gasteiger partial charge in [-0.05, 0) is 43.3 Å². The minimum Gasteiger partial charge on any atom is -0.619 e. The predicted molar refractivity (Wildman–Crippen MR) is 102 cm³/mol. The minimum absolute atomic E-state index is 0.189. The Labute approximate surface area is 161 Å². The lowest BCUT2D eigenvalue weighted by atomic mass is 10.2. The second-order valence-corrected chi connectivity index (χ2v) is 5.92. The molecule has 0 fully saturated rings. The van der Waals surface area contributed by atoms with E-state index in [0.717, 1.165) is 0 Å². The van der Waals surface area contributed by atoms with Crippen LogP contribution in [0, 0.1) is 5.21 Å². The number of amides is 1. The van der Waals surface area contributed by atoms with Gasteiger partial charge in [-0.2, -0.15) is 4.73 Å². The minimum atomic E-state index is -1.01. The van der Waals surface area contributed by atoms with Crippen LogP contribution in [0.4, 0.5) is 5.69 Å². The van der Waals surface area contributed by atoms with Crippen molar-refractivity contribution >= 4 is 17.6 Å². The zero-order chi connectivity index (χ0) is 19.9. The van der Waals surface area contributed by atoms with Crippen LogP contribution in [0.2, 0.25) is 0 Å². The highest BCUT2D eigenvalue weighted by molar-refractivity contribution is 5.97. The molecule has 28 heavy (non-hydrogen) atoms. The van der Waals surface area contributed by atoms with E-state index >= 15 is 0 Å². The Hall–Kier alpha value is -3.87. The summed E-state index contributed by atoms with van der Waals surface area (Å²) < 4.78 is 11.4. The largest absolute Gasteiger partial charge is 0.619 e. The van der Waals surface area contributed by atoms with Gasteiger partial charge in [-0.3, -0.25) is 4.79 Å². The summed E-state index contributed by atoms with van der Waals surface area (Å²) in [6.07, 6.45) is 1.35. The highest BCUT2D eigenvalue weighted by atomic mass is 16.5. The average Bonchev–Trinajstić information content (AvgIpc) is 2.70. The summed E-state index contributed by atoms with van der Waals surface area (Å²) in [5.41, 5.74) is 0.731. The summed E-state index contributed by atoms with van der Waals surface area (Å²) >= 11 is 0. The molecule has 0 bridgehead atoms. The van der Waals surface area contributed by atoms with E-state index in [1.807, 2.05) is 30.3 Å². The van der Waals surface area contributed by atoms with Crippen LogP contribution in [0.3, 0.4) is 0 Å². The van der Waals surface area contributed by atoms with Gasteiger partial charge in [-0.15, -0.1) is 0 Å². The summed E-state index contributed by atoms with van der Waals surface area (Å²) in [4.78, 5) is 24.2. The predicted octanol–water partition coefficient (Wildman–Crippen LogP) is 3.30. The normalized spacial score (nSPS) is 11.3. The lowest BCUT2D eigenvalue weighted by Crippen LogP contribution is -2.30. The molecule has 0 aliphatic rings. The van der Waals surface area contributed by atoms with E-state index in [1.165, 1.54) is 31.5 Å². The van der Waals surface area contributed by atoms with Gasteiger partial charge in [-0.1, -0.05) is 18.2 Å². The number of carbonyl (C=O) groups is 2. The number of hydrogen-bond acceptors (Lipinski definition) is 5. The number of esters is 1. The third-order valence-electron chi connectivity index (χ3n) is 3.79. The third-order valence-corrected chi connectivity index (χ3v) is 3.79. The van der Waals surface area contributed by atoms with E-state index in [4.69, 9.17) is 9.47 Å². The molecule has 3 rings (SSSR count). The van der Waals surface area contributed by atoms with Crippen LogP contribution < -0.4 is 14.8 Å². The number of anilines is 1. The van der Waals surface area contributed by atoms with Gasteiger partial charge < -0.3 is 20.0 Å². The molecule has 3 aromatic rings. The van der Waals surface area contributed by atoms with Crippen molar-refractivity contribution in [1.29, 1.82) is 0 Å². The van der Waals surface area contributed by atoms with Crippen molar-refractivity contribution in [2.45, 2.75) is 13.0 Å². The molecule has 7 heteroatoms. The van der Waals surface area contributed by atoms with E-state index in [1.54, 1.807) is 24.3 Å². The first kappa shape index (κ1) is 18.9. The molecule has 0 aliphatic heterocycles. The molecule has 0 unspecified atom stereocenters. The Balaban J connectivity index is 1.54. The van der Waals surface area contributed by atoms with Gasteiger partial charge in [0.1, 0.15) is 11.5 Å². The van der Waals surface area contributed by atoms with E-state index in [-0.39, 0.29) is 5.56 Å². The monoisotopic (exact) mass is 378 g/mol. The Morgan fingerprint density at radius 1 is 0.929 bits per heavy atom. The first-order chi connectivity index (χ1) is 13.5. The maximum atomic E-state index is 12.2. The van der Waals surface area contributed by atoms with E-state index in [2.05, 4.69) is 5.32 Å². The second-order valence-electron chi connectivity index (χ2n) is 5.92. The molecule has 142 valence electrons. The summed E-state index contributed by atoms with van der Waals surface area (Å²) in [6.45, 7) is 1.47. The lowest BCUT2D eigenvalue weighted by Gasteiger charge is -2.14. The van der Waals surface area contributed by atoms with Gasteiger partial charge in [0.2, 0.25) is 0 Å². The van der Waals surface area contributed by atoms with Crippen molar-refractivity contribution in [1.82, 2.24) is 0 Å². The SMILES string of the molecule is C[C@H](OC(=O)c1cc[n+]([O-])cc1)C(=O)Nc1ccc(Oc2ccccc2)cc1. The van der Waals surface area contributed by atoms with Crippen LogP contribution in [-0.4, -0.2) is 18.0 Å². The van der Waals surface area contributed by atoms with Gasteiger partial charge in [0.25, 0.3) is 5.91 Å². The van der Waals surface area contributed by atoms with Gasteiger partial charge in [0.05, 0.1) is 5.56 Å². The highest BCUT2D eigenvalue weighted by Gasteiger charge is 2.19. The fourth-order valence-electron chi connectivity index (χ4n) is 2.31. The molecule has 7 nitrogen and oxygen atoms in total. The maximum absolute atomic E-state index is 12.2. The first-order valence-corrected chi connectivity index (χ1v) is 8.55. The quantitative estimate of drug-likeness (QED) is 0.404. The van der Waals surface area contributed by atoms with E-state index in [0.29, 0.717) is 21.9 Å². The molecule has 0 saturated carbocycles. The Bertz CT molecular complexity index is 941. The topological polar surface area (TPSA) is 91.6 Å².